The molecule has 2 aliphatic rings. The molecule has 5 rings (SSSR count). The first-order valence-corrected chi connectivity index (χ1v) is 12.4. The van der Waals surface area contributed by atoms with Gasteiger partial charge >= 0.3 is 0 Å². The van der Waals surface area contributed by atoms with Gasteiger partial charge in [-0.2, -0.15) is 5.10 Å². The minimum atomic E-state index is -1.65. The van der Waals surface area contributed by atoms with Crippen LogP contribution in [0.1, 0.15) is 27.0 Å². The Balaban J connectivity index is 0.00000304. The summed E-state index contributed by atoms with van der Waals surface area (Å²) in [7, 11) is 3.76. The topological polar surface area (TPSA) is 137 Å². The molecule has 3 aromatic rings. The number of hydrogen-bond donors (Lipinski definition) is 2. The highest BCUT2D eigenvalue weighted by atomic mass is 35.5. The lowest BCUT2D eigenvalue weighted by atomic mass is 9.91. The maximum absolute atomic E-state index is 12.0. The molecule has 14 heteroatoms. The molecular formula is C22H24Cl4N8O2. The number of nitrogens with two attached hydrogens (primary N) is 1. The molecule has 10 nitrogen and oxygen atoms in total. The molecule has 1 fully saturated rings. The Morgan fingerprint density at radius 3 is 2.53 bits per heavy atom. The maximum atomic E-state index is 12.0. The molecule has 5 N–H and O–H groups in total. The third-order valence-corrected chi connectivity index (χ3v) is 8.20. The van der Waals surface area contributed by atoms with E-state index in [0.717, 1.165) is 37.6 Å². The van der Waals surface area contributed by atoms with E-state index in [9.17, 15) is 4.79 Å². The van der Waals surface area contributed by atoms with Gasteiger partial charge in [0.05, 0.1) is 33.0 Å². The number of halogens is 4. The number of hydrogen-bond acceptors (Lipinski definition) is 7. The van der Waals surface area contributed by atoms with E-state index in [1.54, 1.807) is 13.2 Å². The van der Waals surface area contributed by atoms with Crippen molar-refractivity contribution >= 4 is 69.6 Å². The fourth-order valence-corrected chi connectivity index (χ4v) is 5.61. The van der Waals surface area contributed by atoms with Crippen LogP contribution in [-0.4, -0.2) is 69.3 Å². The standard InChI is InChI=1S/C22H22Cl4N8O.H2O/c1-32-5-7-34(8-6-32)14-4-3-11(9-13(14)23)29-21-28-10-12-16(30-21)18-15(22(25,26)19(12)24)17(20(27)35)31-33(18)2;/h3-4,9-10,19H,5-8H2,1-2H3,(H2,27,35)(H,28,29,30);1H2. The van der Waals surface area contributed by atoms with Gasteiger partial charge < -0.3 is 26.3 Å². The zero-order chi connectivity index (χ0) is 25.1. The Morgan fingerprint density at radius 2 is 1.89 bits per heavy atom. The minimum absolute atomic E-state index is 0. The zero-order valence-electron chi connectivity index (χ0n) is 19.4. The van der Waals surface area contributed by atoms with E-state index in [2.05, 4.69) is 37.2 Å². The van der Waals surface area contributed by atoms with E-state index in [1.165, 1.54) is 4.68 Å². The van der Waals surface area contributed by atoms with Crippen molar-refractivity contribution in [1.29, 1.82) is 0 Å². The van der Waals surface area contributed by atoms with Gasteiger partial charge in [-0.3, -0.25) is 9.48 Å². The second-order valence-electron chi connectivity index (χ2n) is 8.62. The van der Waals surface area contributed by atoms with Crippen molar-refractivity contribution in [1.82, 2.24) is 24.6 Å². The monoisotopic (exact) mass is 572 g/mol. The summed E-state index contributed by atoms with van der Waals surface area (Å²) in [6, 6.07) is 5.75. The first kappa shape index (κ1) is 26.7. The van der Waals surface area contributed by atoms with E-state index >= 15 is 0 Å². The molecule has 0 bridgehead atoms. The minimum Gasteiger partial charge on any atom is -0.412 e. The highest BCUT2D eigenvalue weighted by Crippen LogP contribution is 2.57. The van der Waals surface area contributed by atoms with Gasteiger partial charge in [0, 0.05) is 50.7 Å². The molecule has 2 aromatic heterocycles. The lowest BCUT2D eigenvalue weighted by Crippen LogP contribution is -2.44. The molecule has 1 atom stereocenters. The van der Waals surface area contributed by atoms with Gasteiger partial charge in [0.1, 0.15) is 0 Å². The number of carbonyl (C=O) groups is 1. The molecule has 1 unspecified atom stereocenters. The highest BCUT2D eigenvalue weighted by Gasteiger charge is 2.49. The molecule has 1 amide bonds. The number of nitrogens with one attached hydrogen (secondary N) is 1. The number of alkyl halides is 3. The summed E-state index contributed by atoms with van der Waals surface area (Å²) in [5.41, 5.74) is 8.82. The van der Waals surface area contributed by atoms with E-state index in [1.807, 2.05) is 18.2 Å². The average molecular weight is 574 g/mol. The van der Waals surface area contributed by atoms with Crippen LogP contribution < -0.4 is 16.0 Å². The van der Waals surface area contributed by atoms with Crippen molar-refractivity contribution in [2.45, 2.75) is 9.71 Å². The van der Waals surface area contributed by atoms with Gasteiger partial charge in [-0.05, 0) is 25.2 Å². The number of benzene rings is 1. The Kier molecular flexibility index (Phi) is 7.31. The first-order valence-electron chi connectivity index (χ1n) is 10.8. The molecule has 0 saturated carbocycles. The van der Waals surface area contributed by atoms with Crippen molar-refractivity contribution in [2.75, 3.05) is 43.4 Å². The Labute approximate surface area is 227 Å². The average Bonchev–Trinajstić information content (AvgIpc) is 3.17. The van der Waals surface area contributed by atoms with Crippen LogP contribution in [-0.2, 0) is 11.4 Å². The third kappa shape index (κ3) is 4.46. The number of amides is 1. The summed E-state index contributed by atoms with van der Waals surface area (Å²) < 4.78 is -0.178. The first-order chi connectivity index (χ1) is 16.6. The van der Waals surface area contributed by atoms with Crippen LogP contribution >= 0.6 is 46.4 Å². The second kappa shape index (κ2) is 9.85. The summed E-state index contributed by atoms with van der Waals surface area (Å²) >= 11 is 26.4. The van der Waals surface area contributed by atoms with Crippen molar-refractivity contribution in [3.05, 3.63) is 46.2 Å². The normalized spacial score (nSPS) is 18.7. The SMILES string of the molecule is CN1CCN(c2ccc(Nc3ncc4c(n3)-c3c(c(C(N)=O)nn3C)C(Cl)(Cl)C4Cl)cc2Cl)CC1.O. The number of primary amides is 1. The number of carbonyl (C=O) groups excluding carboxylic acids is 1. The summed E-state index contributed by atoms with van der Waals surface area (Å²) in [5, 5.41) is 7.10. The van der Waals surface area contributed by atoms with Gasteiger partial charge in [-0.1, -0.05) is 34.8 Å². The molecule has 1 saturated heterocycles. The number of fused-ring (bicyclic) bond motifs is 3. The smallest absolute Gasteiger partial charge is 0.269 e. The Bertz CT molecular complexity index is 1320. The van der Waals surface area contributed by atoms with Crippen LogP contribution in [0.15, 0.2) is 24.4 Å². The quantitative estimate of drug-likeness (QED) is 0.457. The van der Waals surface area contributed by atoms with Crippen LogP contribution in [0.3, 0.4) is 0 Å². The van der Waals surface area contributed by atoms with Crippen molar-refractivity contribution in [2.24, 2.45) is 12.8 Å². The molecule has 1 aromatic carbocycles. The Morgan fingerprint density at radius 1 is 1.19 bits per heavy atom. The molecular weight excluding hydrogens is 550 g/mol. The van der Waals surface area contributed by atoms with Gasteiger partial charge in [-0.15, -0.1) is 11.6 Å². The van der Waals surface area contributed by atoms with Crippen molar-refractivity contribution < 1.29 is 10.3 Å². The fourth-order valence-electron chi connectivity index (χ4n) is 4.45. The fraction of sp³-hybridized carbons (Fsp3) is 0.364. The summed E-state index contributed by atoms with van der Waals surface area (Å²) in [6.07, 6.45) is 1.56. The van der Waals surface area contributed by atoms with Gasteiger partial charge in [0.2, 0.25) is 5.95 Å². The molecule has 192 valence electrons. The summed E-state index contributed by atoms with van der Waals surface area (Å²) in [4.78, 5) is 25.6. The van der Waals surface area contributed by atoms with Crippen LogP contribution in [0.2, 0.25) is 5.02 Å². The van der Waals surface area contributed by atoms with Crippen molar-refractivity contribution in [3.63, 3.8) is 0 Å². The predicted octanol–water partition coefficient (Wildman–Crippen LogP) is 3.22. The second-order valence-corrected chi connectivity index (χ2v) is 10.9. The van der Waals surface area contributed by atoms with Crippen LogP contribution in [0.5, 0.6) is 0 Å². The number of anilines is 3. The van der Waals surface area contributed by atoms with Gasteiger partial charge in [0.25, 0.3) is 5.91 Å². The van der Waals surface area contributed by atoms with Gasteiger partial charge in [-0.25, -0.2) is 9.97 Å². The number of aryl methyl sites for hydroxylation is 1. The predicted molar refractivity (Wildman–Crippen MR) is 143 cm³/mol. The van der Waals surface area contributed by atoms with Crippen LogP contribution in [0.4, 0.5) is 17.3 Å². The van der Waals surface area contributed by atoms with E-state index in [0.29, 0.717) is 27.9 Å². The Hall–Kier alpha value is -2.34. The van der Waals surface area contributed by atoms with Gasteiger partial charge in [0.15, 0.2) is 10.0 Å². The summed E-state index contributed by atoms with van der Waals surface area (Å²) in [5.74, 6) is -0.456. The molecule has 36 heavy (non-hydrogen) atoms. The summed E-state index contributed by atoms with van der Waals surface area (Å²) in [6.45, 7) is 3.80. The highest BCUT2D eigenvalue weighted by molar-refractivity contribution is 6.52. The molecule has 1 aliphatic heterocycles. The largest absolute Gasteiger partial charge is 0.412 e. The lowest BCUT2D eigenvalue weighted by Gasteiger charge is -2.34. The number of nitrogens with zero attached hydrogens (tertiary/aromatic N) is 6. The van der Waals surface area contributed by atoms with E-state index < -0.39 is 15.6 Å². The van der Waals surface area contributed by atoms with Crippen molar-refractivity contribution in [3.8, 4) is 11.4 Å². The molecule has 1 aliphatic carbocycles. The van der Waals surface area contributed by atoms with E-state index in [4.69, 9.17) is 52.1 Å². The van der Waals surface area contributed by atoms with Crippen LogP contribution in [0, 0.1) is 0 Å². The number of aromatic nitrogens is 4. The number of rotatable bonds is 4. The number of piperazine rings is 1. The molecule has 0 spiro atoms. The lowest BCUT2D eigenvalue weighted by molar-refractivity contribution is 0.0993. The zero-order valence-corrected chi connectivity index (χ0v) is 22.4. The van der Waals surface area contributed by atoms with Crippen LogP contribution in [0.25, 0.3) is 11.4 Å². The molecule has 0 radical (unpaired) electrons. The maximum Gasteiger partial charge on any atom is 0.269 e. The van der Waals surface area contributed by atoms with E-state index in [-0.39, 0.29) is 16.7 Å². The third-order valence-electron chi connectivity index (χ3n) is 6.29. The number of likely N-dealkylation sites (N-methyl/N-ethyl adjacent to an activating group) is 1. The molecule has 3 heterocycles.